The van der Waals surface area contributed by atoms with Crippen molar-refractivity contribution in [2.75, 3.05) is 0 Å². The van der Waals surface area contributed by atoms with Crippen molar-refractivity contribution in [3.8, 4) is 0 Å². The van der Waals surface area contributed by atoms with E-state index in [4.69, 9.17) is 0 Å². The molecule has 0 spiro atoms. The van der Waals surface area contributed by atoms with E-state index in [2.05, 4.69) is 13.2 Å². The van der Waals surface area contributed by atoms with E-state index in [1.807, 2.05) is 0 Å². The van der Waals surface area contributed by atoms with Crippen LogP contribution in [0.3, 0.4) is 0 Å². The maximum Gasteiger partial charge on any atom is 0.272 e. The van der Waals surface area contributed by atoms with Crippen molar-refractivity contribution in [3.05, 3.63) is 24.8 Å². The van der Waals surface area contributed by atoms with Gasteiger partial charge in [-0.25, -0.2) is 8.78 Å². The van der Waals surface area contributed by atoms with Crippen LogP contribution in [-0.4, -0.2) is 5.92 Å². The van der Waals surface area contributed by atoms with Crippen molar-refractivity contribution in [2.45, 2.75) is 26.2 Å². The van der Waals surface area contributed by atoms with Crippen molar-refractivity contribution >= 4 is 0 Å². The highest BCUT2D eigenvalue weighted by atomic mass is 19.3. The molecule has 0 aliphatic carbocycles. The molecule has 11 heavy (non-hydrogen) atoms. The number of allylic oxidation sites excluding steroid dienone is 2. The molecule has 0 amide bonds. The summed E-state index contributed by atoms with van der Waals surface area (Å²) in [5.41, 5.74) is -0.0163. The SMILES string of the molecule is C=CCC(F)(F)C(=C)C(C)C. The minimum Gasteiger partial charge on any atom is -0.201 e. The molecule has 0 aliphatic rings. The Balaban J connectivity index is 4.28. The number of halogens is 2. The second-order valence-corrected chi connectivity index (χ2v) is 2.88. The number of alkyl halides is 2. The van der Waals surface area contributed by atoms with Crippen LogP contribution in [0.2, 0.25) is 0 Å². The fraction of sp³-hybridized carbons (Fsp3) is 0.556. The highest BCUT2D eigenvalue weighted by Gasteiger charge is 2.32. The average molecular weight is 160 g/mol. The van der Waals surface area contributed by atoms with Gasteiger partial charge in [-0.3, -0.25) is 0 Å². The molecule has 0 aromatic rings. The number of hydrogen-bond donors (Lipinski definition) is 0. The molecule has 0 saturated carbocycles. The Morgan fingerprint density at radius 1 is 1.55 bits per heavy atom. The normalized spacial score (nSPS) is 11.7. The van der Waals surface area contributed by atoms with E-state index < -0.39 is 5.92 Å². The molecule has 0 aromatic carbocycles. The summed E-state index contributed by atoms with van der Waals surface area (Å²) < 4.78 is 25.8. The minimum atomic E-state index is -2.78. The molecule has 0 aromatic heterocycles. The van der Waals surface area contributed by atoms with Crippen molar-refractivity contribution in [2.24, 2.45) is 5.92 Å². The average Bonchev–Trinajstić information content (AvgIpc) is 1.86. The van der Waals surface area contributed by atoms with Gasteiger partial charge in [0.05, 0.1) is 0 Å². The van der Waals surface area contributed by atoms with Crippen molar-refractivity contribution in [1.82, 2.24) is 0 Å². The Hall–Kier alpha value is -0.660. The van der Waals surface area contributed by atoms with Crippen LogP contribution in [0.4, 0.5) is 8.78 Å². The highest BCUT2D eigenvalue weighted by molar-refractivity contribution is 5.11. The lowest BCUT2D eigenvalue weighted by atomic mass is 9.97. The van der Waals surface area contributed by atoms with E-state index in [1.54, 1.807) is 13.8 Å². The molecule has 0 atom stereocenters. The molecule has 0 fully saturated rings. The molecule has 0 N–H and O–H groups in total. The molecule has 64 valence electrons. The molecule has 0 bridgehead atoms. The van der Waals surface area contributed by atoms with Gasteiger partial charge in [0.25, 0.3) is 5.92 Å². The van der Waals surface area contributed by atoms with Crippen LogP contribution in [0, 0.1) is 5.92 Å². The van der Waals surface area contributed by atoms with E-state index in [9.17, 15) is 8.78 Å². The van der Waals surface area contributed by atoms with E-state index in [0.717, 1.165) is 0 Å². The summed E-state index contributed by atoms with van der Waals surface area (Å²) in [5.74, 6) is -2.96. The highest BCUT2D eigenvalue weighted by Crippen LogP contribution is 2.31. The van der Waals surface area contributed by atoms with Crippen LogP contribution in [-0.2, 0) is 0 Å². The van der Waals surface area contributed by atoms with E-state index in [0.29, 0.717) is 0 Å². The molecular formula is C9H14F2. The first kappa shape index (κ1) is 10.3. The first-order chi connectivity index (χ1) is 4.91. The van der Waals surface area contributed by atoms with Gasteiger partial charge in [-0.1, -0.05) is 26.5 Å². The van der Waals surface area contributed by atoms with Crippen LogP contribution < -0.4 is 0 Å². The lowest BCUT2D eigenvalue weighted by molar-refractivity contribution is 0.0368. The second-order valence-electron chi connectivity index (χ2n) is 2.88. The zero-order chi connectivity index (χ0) is 9.07. The van der Waals surface area contributed by atoms with Crippen LogP contribution in [0.5, 0.6) is 0 Å². The van der Waals surface area contributed by atoms with Gasteiger partial charge in [0, 0.05) is 6.42 Å². The van der Waals surface area contributed by atoms with Gasteiger partial charge in [-0.15, -0.1) is 6.58 Å². The van der Waals surface area contributed by atoms with Gasteiger partial charge in [-0.2, -0.15) is 0 Å². The van der Waals surface area contributed by atoms with Crippen LogP contribution >= 0.6 is 0 Å². The Morgan fingerprint density at radius 2 is 2.00 bits per heavy atom. The van der Waals surface area contributed by atoms with Gasteiger partial charge >= 0.3 is 0 Å². The maximum atomic E-state index is 12.9. The summed E-state index contributed by atoms with van der Waals surface area (Å²) in [4.78, 5) is 0. The Kier molecular flexibility index (Phi) is 3.43. The lowest BCUT2D eigenvalue weighted by Gasteiger charge is -2.19. The molecule has 0 rings (SSSR count). The predicted molar refractivity (Wildman–Crippen MR) is 43.7 cm³/mol. The summed E-state index contributed by atoms with van der Waals surface area (Å²) in [6.07, 6.45) is 0.900. The van der Waals surface area contributed by atoms with E-state index in [-0.39, 0.29) is 17.9 Å². The molecule has 0 unspecified atom stereocenters. The van der Waals surface area contributed by atoms with Crippen LogP contribution in [0.15, 0.2) is 24.8 Å². The Bertz CT molecular complexity index is 157. The van der Waals surface area contributed by atoms with Gasteiger partial charge in [0.1, 0.15) is 0 Å². The summed E-state index contributed by atoms with van der Waals surface area (Å²) in [5, 5.41) is 0. The molecule has 2 heteroatoms. The Labute approximate surface area is 66.6 Å². The third-order valence-electron chi connectivity index (χ3n) is 1.57. The monoisotopic (exact) mass is 160 g/mol. The minimum absolute atomic E-state index is 0.0163. The smallest absolute Gasteiger partial charge is 0.201 e. The summed E-state index contributed by atoms with van der Waals surface area (Å²) in [7, 11) is 0. The zero-order valence-corrected chi connectivity index (χ0v) is 7.03. The molecular weight excluding hydrogens is 146 g/mol. The summed E-state index contributed by atoms with van der Waals surface area (Å²) in [6.45, 7) is 10.0. The third kappa shape index (κ3) is 2.83. The topological polar surface area (TPSA) is 0 Å². The molecule has 0 radical (unpaired) electrons. The number of hydrogen-bond acceptors (Lipinski definition) is 0. The van der Waals surface area contributed by atoms with E-state index >= 15 is 0 Å². The fourth-order valence-corrected chi connectivity index (χ4v) is 0.735. The van der Waals surface area contributed by atoms with E-state index in [1.165, 1.54) is 6.08 Å². The zero-order valence-electron chi connectivity index (χ0n) is 7.03. The molecule has 0 aliphatic heterocycles. The Morgan fingerprint density at radius 3 is 2.27 bits per heavy atom. The van der Waals surface area contributed by atoms with Gasteiger partial charge in [-0.05, 0) is 11.5 Å². The summed E-state index contributed by atoms with van der Waals surface area (Å²) in [6, 6.07) is 0. The maximum absolute atomic E-state index is 12.9. The van der Waals surface area contributed by atoms with Gasteiger partial charge in [0.2, 0.25) is 0 Å². The van der Waals surface area contributed by atoms with Crippen LogP contribution in [0.25, 0.3) is 0 Å². The largest absolute Gasteiger partial charge is 0.272 e. The first-order valence-electron chi connectivity index (χ1n) is 3.59. The van der Waals surface area contributed by atoms with Crippen molar-refractivity contribution < 1.29 is 8.78 Å². The van der Waals surface area contributed by atoms with Crippen molar-refractivity contribution in [3.63, 3.8) is 0 Å². The van der Waals surface area contributed by atoms with Crippen LogP contribution in [0.1, 0.15) is 20.3 Å². The lowest BCUT2D eigenvalue weighted by Crippen LogP contribution is -2.20. The molecule has 0 nitrogen and oxygen atoms in total. The standard InChI is InChI=1S/C9H14F2/c1-5-6-9(10,11)8(4)7(2)3/h5,7H,1,4,6H2,2-3H3. The third-order valence-corrected chi connectivity index (χ3v) is 1.57. The number of rotatable bonds is 4. The fourth-order valence-electron chi connectivity index (χ4n) is 0.735. The first-order valence-corrected chi connectivity index (χ1v) is 3.59. The van der Waals surface area contributed by atoms with Crippen molar-refractivity contribution in [1.29, 1.82) is 0 Å². The quantitative estimate of drug-likeness (QED) is 0.553. The van der Waals surface area contributed by atoms with Gasteiger partial charge < -0.3 is 0 Å². The second kappa shape index (κ2) is 3.65. The summed E-state index contributed by atoms with van der Waals surface area (Å²) >= 11 is 0. The predicted octanol–water partition coefficient (Wildman–Crippen LogP) is 3.41. The molecule has 0 saturated heterocycles. The van der Waals surface area contributed by atoms with Gasteiger partial charge in [0.15, 0.2) is 0 Å². The molecule has 0 heterocycles.